The van der Waals surface area contributed by atoms with E-state index in [-0.39, 0.29) is 0 Å². The fraction of sp³-hybridized carbons (Fsp3) is 0.500. The molecule has 0 aromatic heterocycles. The summed E-state index contributed by atoms with van der Waals surface area (Å²) in [5.74, 6) is 0. The third-order valence-electron chi connectivity index (χ3n) is 2.38. The summed E-state index contributed by atoms with van der Waals surface area (Å²) in [5, 5.41) is 12.2. The van der Waals surface area contributed by atoms with Crippen molar-refractivity contribution < 1.29 is 14.6 Å². The summed E-state index contributed by atoms with van der Waals surface area (Å²) in [6.45, 7) is 9.00. The second-order valence-corrected chi connectivity index (χ2v) is 5.38. The molecule has 0 aliphatic heterocycles. The summed E-state index contributed by atoms with van der Waals surface area (Å²) in [6.07, 6.45) is -1.06. The summed E-state index contributed by atoms with van der Waals surface area (Å²) in [7, 11) is 0. The third-order valence-corrected chi connectivity index (χ3v) is 2.38. The van der Waals surface area contributed by atoms with Crippen LogP contribution in [-0.2, 0) is 4.74 Å². The van der Waals surface area contributed by atoms with E-state index in [9.17, 15) is 9.90 Å². The van der Waals surface area contributed by atoms with Crippen molar-refractivity contribution in [3.63, 3.8) is 0 Å². The van der Waals surface area contributed by atoms with Crippen molar-refractivity contribution in [1.29, 1.82) is 0 Å². The standard InChI is InChI=1S/C14H21NO3/c1-9-6-7-11(10(2)16)8-12(9)15-13(17)18-14(3,4)5/h6-8,10,16H,1-5H3,(H,15,17)/t10-/m1/s1. The monoisotopic (exact) mass is 251 g/mol. The molecule has 2 N–H and O–H groups in total. The van der Waals surface area contributed by atoms with Gasteiger partial charge in [-0.2, -0.15) is 0 Å². The fourth-order valence-electron chi connectivity index (χ4n) is 1.45. The molecule has 0 saturated carbocycles. The highest BCUT2D eigenvalue weighted by Crippen LogP contribution is 2.22. The molecule has 0 unspecified atom stereocenters. The van der Waals surface area contributed by atoms with E-state index in [4.69, 9.17) is 4.74 Å². The van der Waals surface area contributed by atoms with Gasteiger partial charge in [-0.25, -0.2) is 4.79 Å². The lowest BCUT2D eigenvalue weighted by Crippen LogP contribution is -2.27. The second kappa shape index (κ2) is 5.40. The predicted octanol–water partition coefficient (Wildman–Crippen LogP) is 3.40. The molecule has 0 radical (unpaired) electrons. The summed E-state index contributed by atoms with van der Waals surface area (Å²) in [4.78, 5) is 11.7. The van der Waals surface area contributed by atoms with Crippen molar-refractivity contribution in [2.45, 2.75) is 46.3 Å². The highest BCUT2D eigenvalue weighted by atomic mass is 16.6. The molecule has 1 aromatic rings. The molecule has 4 heteroatoms. The van der Waals surface area contributed by atoms with Crippen molar-refractivity contribution >= 4 is 11.8 Å². The van der Waals surface area contributed by atoms with E-state index in [2.05, 4.69) is 5.32 Å². The van der Waals surface area contributed by atoms with E-state index in [1.165, 1.54) is 0 Å². The molecule has 18 heavy (non-hydrogen) atoms. The zero-order chi connectivity index (χ0) is 13.9. The van der Waals surface area contributed by atoms with Crippen LogP contribution in [-0.4, -0.2) is 16.8 Å². The van der Waals surface area contributed by atoms with Crippen LogP contribution in [0.5, 0.6) is 0 Å². The molecule has 1 rings (SSSR count). The lowest BCUT2D eigenvalue weighted by atomic mass is 10.1. The van der Waals surface area contributed by atoms with Crippen molar-refractivity contribution in [2.75, 3.05) is 5.32 Å². The van der Waals surface area contributed by atoms with Crippen LogP contribution in [0.15, 0.2) is 18.2 Å². The zero-order valence-electron chi connectivity index (χ0n) is 11.6. The Morgan fingerprint density at radius 3 is 2.50 bits per heavy atom. The molecule has 0 bridgehead atoms. The first-order chi connectivity index (χ1) is 8.19. The van der Waals surface area contributed by atoms with Crippen LogP contribution in [0.4, 0.5) is 10.5 Å². The van der Waals surface area contributed by atoms with Gasteiger partial charge < -0.3 is 9.84 Å². The van der Waals surface area contributed by atoms with Gasteiger partial charge in [0.2, 0.25) is 0 Å². The quantitative estimate of drug-likeness (QED) is 0.847. The molecule has 100 valence electrons. The summed E-state index contributed by atoms with van der Waals surface area (Å²) < 4.78 is 5.18. The highest BCUT2D eigenvalue weighted by Gasteiger charge is 2.17. The van der Waals surface area contributed by atoms with E-state index in [1.54, 1.807) is 13.0 Å². The Morgan fingerprint density at radius 1 is 1.39 bits per heavy atom. The summed E-state index contributed by atoms with van der Waals surface area (Å²) >= 11 is 0. The summed E-state index contributed by atoms with van der Waals surface area (Å²) in [6, 6.07) is 5.44. The van der Waals surface area contributed by atoms with Crippen LogP contribution < -0.4 is 5.32 Å². The smallest absolute Gasteiger partial charge is 0.412 e. The average molecular weight is 251 g/mol. The van der Waals surface area contributed by atoms with Gasteiger partial charge in [-0.15, -0.1) is 0 Å². The van der Waals surface area contributed by atoms with Crippen LogP contribution in [0, 0.1) is 6.92 Å². The van der Waals surface area contributed by atoms with Crippen LogP contribution in [0.25, 0.3) is 0 Å². The SMILES string of the molecule is Cc1ccc([C@@H](C)O)cc1NC(=O)OC(C)(C)C. The van der Waals surface area contributed by atoms with Gasteiger partial charge in [-0.05, 0) is 51.8 Å². The van der Waals surface area contributed by atoms with Crippen LogP contribution >= 0.6 is 0 Å². The Kier molecular flexibility index (Phi) is 4.35. The number of carbonyl (C=O) groups excluding carboxylic acids is 1. The minimum atomic E-state index is -0.565. The largest absolute Gasteiger partial charge is 0.444 e. The second-order valence-electron chi connectivity index (χ2n) is 5.38. The maximum Gasteiger partial charge on any atom is 0.412 e. The Morgan fingerprint density at radius 2 is 2.00 bits per heavy atom. The number of benzene rings is 1. The normalized spacial score (nSPS) is 13.0. The van der Waals surface area contributed by atoms with E-state index in [1.807, 2.05) is 39.8 Å². The third kappa shape index (κ3) is 4.37. The lowest BCUT2D eigenvalue weighted by molar-refractivity contribution is 0.0635. The molecule has 0 spiro atoms. The number of hydrogen-bond donors (Lipinski definition) is 2. The Balaban J connectivity index is 2.84. The van der Waals surface area contributed by atoms with Gasteiger partial charge in [0.1, 0.15) is 5.60 Å². The number of aliphatic hydroxyl groups excluding tert-OH is 1. The Labute approximate surface area is 108 Å². The number of carbonyl (C=O) groups is 1. The van der Waals surface area contributed by atoms with Crippen LogP contribution in [0.1, 0.15) is 44.9 Å². The number of rotatable bonds is 2. The minimum absolute atomic E-state index is 0.492. The first-order valence-corrected chi connectivity index (χ1v) is 5.97. The number of hydrogen-bond acceptors (Lipinski definition) is 3. The van der Waals surface area contributed by atoms with Gasteiger partial charge in [0, 0.05) is 5.69 Å². The number of aliphatic hydroxyl groups is 1. The number of anilines is 1. The molecular weight excluding hydrogens is 230 g/mol. The maximum absolute atomic E-state index is 11.7. The van der Waals surface area contributed by atoms with Crippen molar-refractivity contribution in [3.05, 3.63) is 29.3 Å². The fourth-order valence-corrected chi connectivity index (χ4v) is 1.45. The van der Waals surface area contributed by atoms with Gasteiger partial charge in [0.25, 0.3) is 0 Å². The topological polar surface area (TPSA) is 58.6 Å². The van der Waals surface area contributed by atoms with Crippen molar-refractivity contribution in [1.82, 2.24) is 0 Å². The number of nitrogens with one attached hydrogen (secondary N) is 1. The van der Waals surface area contributed by atoms with Gasteiger partial charge >= 0.3 is 6.09 Å². The maximum atomic E-state index is 11.7. The van der Waals surface area contributed by atoms with E-state index in [0.29, 0.717) is 5.69 Å². The first kappa shape index (κ1) is 14.5. The van der Waals surface area contributed by atoms with Gasteiger partial charge in [-0.3, -0.25) is 5.32 Å². The number of aryl methyl sites for hydroxylation is 1. The minimum Gasteiger partial charge on any atom is -0.444 e. The first-order valence-electron chi connectivity index (χ1n) is 5.97. The molecule has 1 aromatic carbocycles. The van der Waals surface area contributed by atoms with Crippen molar-refractivity contribution in [3.8, 4) is 0 Å². The molecule has 0 aliphatic rings. The number of amides is 1. The number of ether oxygens (including phenoxy) is 1. The van der Waals surface area contributed by atoms with Crippen LogP contribution in [0.2, 0.25) is 0 Å². The molecule has 0 fully saturated rings. The van der Waals surface area contributed by atoms with Gasteiger partial charge in [0.15, 0.2) is 0 Å². The van der Waals surface area contributed by atoms with Crippen molar-refractivity contribution in [2.24, 2.45) is 0 Å². The van der Waals surface area contributed by atoms with Gasteiger partial charge in [-0.1, -0.05) is 12.1 Å². The highest BCUT2D eigenvalue weighted by molar-refractivity contribution is 5.86. The molecule has 0 aliphatic carbocycles. The predicted molar refractivity (Wildman–Crippen MR) is 71.7 cm³/mol. The molecule has 0 saturated heterocycles. The zero-order valence-corrected chi connectivity index (χ0v) is 11.6. The van der Waals surface area contributed by atoms with Gasteiger partial charge in [0.05, 0.1) is 6.10 Å². The average Bonchev–Trinajstić information content (AvgIpc) is 2.18. The Hall–Kier alpha value is -1.55. The molecule has 0 heterocycles. The lowest BCUT2D eigenvalue weighted by Gasteiger charge is -2.20. The molecule has 4 nitrogen and oxygen atoms in total. The van der Waals surface area contributed by atoms with E-state index < -0.39 is 17.8 Å². The van der Waals surface area contributed by atoms with E-state index in [0.717, 1.165) is 11.1 Å². The summed E-state index contributed by atoms with van der Waals surface area (Å²) in [5.41, 5.74) is 1.81. The molecular formula is C14H21NO3. The Bertz CT molecular complexity index is 433. The molecule has 1 atom stereocenters. The van der Waals surface area contributed by atoms with Crippen LogP contribution in [0.3, 0.4) is 0 Å². The van der Waals surface area contributed by atoms with E-state index >= 15 is 0 Å². The molecule has 1 amide bonds.